The third-order valence-corrected chi connectivity index (χ3v) is 2.51. The summed E-state index contributed by atoms with van der Waals surface area (Å²) in [5, 5.41) is 18.5. The van der Waals surface area contributed by atoms with Crippen LogP contribution in [0.2, 0.25) is 0 Å². The Morgan fingerprint density at radius 2 is 1.70 bits per heavy atom. The molecule has 6 heteroatoms. The fraction of sp³-hybridized carbons (Fsp3) is 0.429. The minimum Gasteiger partial charge on any atom is -0.508 e. The number of rotatable bonds is 3. The Bertz CT molecular complexity index is 489. The molecule has 1 amide bonds. The number of aromatic hydroxyl groups is 1. The number of ether oxygens (including phenoxy) is 1. The SMILES string of the molecule is CN(C(=O)OC(C)(C)C)C(C(=O)O)c1ccc(O)cc1. The standard InChI is InChI=1S/C14H19NO5/c1-14(2,3)20-13(19)15(4)11(12(17)18)9-5-7-10(16)8-6-9/h5-8,11,16H,1-4H3,(H,17,18). The van der Waals surface area contributed by atoms with E-state index in [9.17, 15) is 19.8 Å². The van der Waals surface area contributed by atoms with Gasteiger partial charge in [-0.3, -0.25) is 4.90 Å². The molecule has 0 spiro atoms. The zero-order chi connectivity index (χ0) is 15.5. The third kappa shape index (κ3) is 4.15. The number of carboxylic acids is 1. The zero-order valence-corrected chi connectivity index (χ0v) is 12.0. The molecule has 0 fully saturated rings. The molecule has 20 heavy (non-hydrogen) atoms. The van der Waals surface area contributed by atoms with Crippen LogP contribution in [0.4, 0.5) is 4.79 Å². The molecule has 1 rings (SSSR count). The number of hydrogen-bond acceptors (Lipinski definition) is 4. The largest absolute Gasteiger partial charge is 0.508 e. The summed E-state index contributed by atoms with van der Waals surface area (Å²) in [6, 6.07) is 4.47. The first kappa shape index (κ1) is 15.8. The molecule has 0 saturated carbocycles. The summed E-state index contributed by atoms with van der Waals surface area (Å²) in [7, 11) is 1.36. The van der Waals surface area contributed by atoms with Crippen LogP contribution in [0, 0.1) is 0 Å². The van der Waals surface area contributed by atoms with Crippen molar-refractivity contribution in [1.29, 1.82) is 0 Å². The molecule has 0 radical (unpaired) electrons. The fourth-order valence-electron chi connectivity index (χ4n) is 1.63. The first-order valence-electron chi connectivity index (χ1n) is 6.09. The Morgan fingerprint density at radius 3 is 2.10 bits per heavy atom. The molecule has 0 aliphatic rings. The Hall–Kier alpha value is -2.24. The quantitative estimate of drug-likeness (QED) is 0.888. The number of benzene rings is 1. The monoisotopic (exact) mass is 281 g/mol. The number of phenolic OH excluding ortho intramolecular Hbond substituents is 1. The van der Waals surface area contributed by atoms with E-state index in [0.29, 0.717) is 5.56 Å². The Morgan fingerprint density at radius 1 is 1.20 bits per heavy atom. The van der Waals surface area contributed by atoms with Crippen molar-refractivity contribution >= 4 is 12.1 Å². The van der Waals surface area contributed by atoms with E-state index >= 15 is 0 Å². The lowest BCUT2D eigenvalue weighted by Gasteiger charge is -2.28. The summed E-state index contributed by atoms with van der Waals surface area (Å²) >= 11 is 0. The first-order chi connectivity index (χ1) is 9.11. The summed E-state index contributed by atoms with van der Waals surface area (Å²) in [5.41, 5.74) is -0.327. The van der Waals surface area contributed by atoms with Gasteiger partial charge in [-0.25, -0.2) is 9.59 Å². The van der Waals surface area contributed by atoms with E-state index in [4.69, 9.17) is 4.74 Å². The molecule has 0 saturated heterocycles. The van der Waals surface area contributed by atoms with E-state index in [1.807, 2.05) is 0 Å². The van der Waals surface area contributed by atoms with Gasteiger partial charge in [0, 0.05) is 7.05 Å². The number of carbonyl (C=O) groups excluding carboxylic acids is 1. The van der Waals surface area contributed by atoms with Crippen molar-refractivity contribution in [1.82, 2.24) is 4.90 Å². The normalized spacial score (nSPS) is 12.6. The topological polar surface area (TPSA) is 87.1 Å². The van der Waals surface area contributed by atoms with Gasteiger partial charge < -0.3 is 14.9 Å². The van der Waals surface area contributed by atoms with Crippen LogP contribution in [0.15, 0.2) is 24.3 Å². The van der Waals surface area contributed by atoms with Crippen LogP contribution in [-0.4, -0.2) is 39.8 Å². The lowest BCUT2D eigenvalue weighted by molar-refractivity contribution is -0.142. The highest BCUT2D eigenvalue weighted by Gasteiger charge is 2.31. The predicted octanol–water partition coefficient (Wildman–Crippen LogP) is 2.38. The van der Waals surface area contributed by atoms with Gasteiger partial charge in [-0.05, 0) is 38.5 Å². The van der Waals surface area contributed by atoms with E-state index in [1.165, 1.54) is 31.3 Å². The number of aliphatic carboxylic acids is 1. The minimum absolute atomic E-state index is 0.0257. The molecular weight excluding hydrogens is 262 g/mol. The summed E-state index contributed by atoms with van der Waals surface area (Å²) in [6.45, 7) is 5.11. The maximum absolute atomic E-state index is 11.9. The van der Waals surface area contributed by atoms with E-state index in [2.05, 4.69) is 0 Å². The van der Waals surface area contributed by atoms with Gasteiger partial charge in [0.05, 0.1) is 0 Å². The molecule has 6 nitrogen and oxygen atoms in total. The van der Waals surface area contributed by atoms with Crippen LogP contribution in [0.25, 0.3) is 0 Å². The highest BCUT2D eigenvalue weighted by Crippen LogP contribution is 2.23. The van der Waals surface area contributed by atoms with Gasteiger partial charge in [-0.2, -0.15) is 0 Å². The second kappa shape index (κ2) is 5.81. The van der Waals surface area contributed by atoms with Gasteiger partial charge in [0.2, 0.25) is 0 Å². The van der Waals surface area contributed by atoms with Crippen LogP contribution in [0.1, 0.15) is 32.4 Å². The lowest BCUT2D eigenvalue weighted by Crippen LogP contribution is -2.39. The van der Waals surface area contributed by atoms with Crippen molar-refractivity contribution in [3.05, 3.63) is 29.8 Å². The molecule has 0 bridgehead atoms. The van der Waals surface area contributed by atoms with Crippen molar-refractivity contribution in [2.75, 3.05) is 7.05 Å². The minimum atomic E-state index is -1.18. The van der Waals surface area contributed by atoms with Crippen molar-refractivity contribution in [2.45, 2.75) is 32.4 Å². The van der Waals surface area contributed by atoms with Gasteiger partial charge in [0.15, 0.2) is 6.04 Å². The molecule has 2 N–H and O–H groups in total. The Balaban J connectivity index is 2.99. The molecule has 1 atom stereocenters. The molecule has 0 aliphatic carbocycles. The van der Waals surface area contributed by atoms with Crippen LogP contribution in [0.3, 0.4) is 0 Å². The van der Waals surface area contributed by atoms with E-state index < -0.39 is 23.7 Å². The Labute approximate surface area is 117 Å². The molecule has 0 aromatic heterocycles. The number of amides is 1. The lowest BCUT2D eigenvalue weighted by atomic mass is 10.1. The fourth-order valence-corrected chi connectivity index (χ4v) is 1.63. The first-order valence-corrected chi connectivity index (χ1v) is 6.09. The summed E-state index contributed by atoms with van der Waals surface area (Å²) in [6.07, 6.45) is -0.724. The second-order valence-corrected chi connectivity index (χ2v) is 5.42. The van der Waals surface area contributed by atoms with E-state index in [0.717, 1.165) is 4.90 Å². The molecule has 0 aliphatic heterocycles. The zero-order valence-electron chi connectivity index (χ0n) is 12.0. The second-order valence-electron chi connectivity index (χ2n) is 5.42. The number of carboxylic acid groups (broad SMARTS) is 1. The van der Waals surface area contributed by atoms with Gasteiger partial charge in [-0.15, -0.1) is 0 Å². The molecule has 0 heterocycles. The van der Waals surface area contributed by atoms with E-state index in [1.54, 1.807) is 20.8 Å². The molecule has 1 aromatic carbocycles. The molecular formula is C14H19NO5. The average Bonchev–Trinajstić information content (AvgIpc) is 2.29. The van der Waals surface area contributed by atoms with Crippen LogP contribution in [0.5, 0.6) is 5.75 Å². The summed E-state index contributed by atoms with van der Waals surface area (Å²) in [5.74, 6) is -1.15. The molecule has 110 valence electrons. The van der Waals surface area contributed by atoms with Crippen molar-refractivity contribution in [3.63, 3.8) is 0 Å². The maximum Gasteiger partial charge on any atom is 0.411 e. The van der Waals surface area contributed by atoms with Crippen molar-refractivity contribution in [3.8, 4) is 5.75 Å². The molecule has 1 aromatic rings. The average molecular weight is 281 g/mol. The summed E-state index contributed by atoms with van der Waals surface area (Å²) in [4.78, 5) is 24.3. The number of carbonyl (C=O) groups is 2. The van der Waals surface area contributed by atoms with Crippen molar-refractivity contribution < 1.29 is 24.5 Å². The van der Waals surface area contributed by atoms with Crippen LogP contribution < -0.4 is 0 Å². The number of hydrogen-bond donors (Lipinski definition) is 2. The number of phenols is 1. The third-order valence-electron chi connectivity index (χ3n) is 2.51. The van der Waals surface area contributed by atoms with Gasteiger partial charge >= 0.3 is 12.1 Å². The smallest absolute Gasteiger partial charge is 0.411 e. The highest BCUT2D eigenvalue weighted by molar-refractivity contribution is 5.81. The maximum atomic E-state index is 11.9. The number of nitrogens with zero attached hydrogens (tertiary/aromatic N) is 1. The van der Waals surface area contributed by atoms with Gasteiger partial charge in [0.25, 0.3) is 0 Å². The van der Waals surface area contributed by atoms with E-state index in [-0.39, 0.29) is 5.75 Å². The Kier molecular flexibility index (Phi) is 4.60. The van der Waals surface area contributed by atoms with Crippen LogP contribution >= 0.6 is 0 Å². The predicted molar refractivity (Wildman–Crippen MR) is 72.5 cm³/mol. The number of likely N-dealkylation sites (N-methyl/N-ethyl adjacent to an activating group) is 1. The van der Waals surface area contributed by atoms with Crippen LogP contribution in [-0.2, 0) is 9.53 Å². The summed E-state index contributed by atoms with van der Waals surface area (Å²) < 4.78 is 5.15. The van der Waals surface area contributed by atoms with Gasteiger partial charge in [0.1, 0.15) is 11.4 Å². The van der Waals surface area contributed by atoms with Gasteiger partial charge in [-0.1, -0.05) is 12.1 Å². The van der Waals surface area contributed by atoms with Crippen molar-refractivity contribution in [2.24, 2.45) is 0 Å². The highest BCUT2D eigenvalue weighted by atomic mass is 16.6. The molecule has 1 unspecified atom stereocenters.